The lowest BCUT2D eigenvalue weighted by molar-refractivity contribution is 0.0755. The number of nitrogens with zero attached hydrogens (tertiary/aromatic N) is 3. The number of rotatable bonds is 12. The normalized spacial score (nSPS) is 11.9. The Morgan fingerprint density at radius 3 is 2.59 bits per heavy atom. The molecule has 3 N–H and O–H groups in total. The average Bonchev–Trinajstić information content (AvgIpc) is 3.52. The lowest BCUT2D eigenvalue weighted by atomic mass is 10.0. The number of thioether (sulfide) groups is 1. The van der Waals surface area contributed by atoms with Gasteiger partial charge in [-0.15, -0.1) is 21.5 Å². The summed E-state index contributed by atoms with van der Waals surface area (Å²) in [5, 5.41) is 23.9. The van der Waals surface area contributed by atoms with Crippen LogP contribution in [0.25, 0.3) is 10.7 Å². The molecule has 1 atom stereocenters. The predicted octanol–water partition coefficient (Wildman–Crippen LogP) is 3.99. The lowest BCUT2D eigenvalue weighted by Gasteiger charge is -2.22. The van der Waals surface area contributed by atoms with Crippen molar-refractivity contribution in [3.8, 4) is 10.7 Å². The number of thiophene rings is 1. The summed E-state index contributed by atoms with van der Waals surface area (Å²) in [4.78, 5) is 31.6. The second-order valence-electron chi connectivity index (χ2n) is 8.01. The van der Waals surface area contributed by atoms with E-state index < -0.39 is 6.10 Å². The van der Waals surface area contributed by atoms with Crippen molar-refractivity contribution in [2.75, 3.05) is 25.4 Å². The number of hydrogen-bond donors (Lipinski definition) is 3. The van der Waals surface area contributed by atoms with Crippen molar-refractivity contribution in [2.24, 2.45) is 0 Å². The number of aryl methyl sites for hydroxylation is 1. The summed E-state index contributed by atoms with van der Waals surface area (Å²) in [6.07, 6.45) is 0.994. The van der Waals surface area contributed by atoms with Gasteiger partial charge < -0.3 is 20.3 Å². The summed E-state index contributed by atoms with van der Waals surface area (Å²) >= 11 is 2.91. The van der Waals surface area contributed by atoms with Gasteiger partial charge in [0.25, 0.3) is 11.8 Å². The molecule has 3 rings (SSSR count). The van der Waals surface area contributed by atoms with E-state index in [1.807, 2.05) is 49.3 Å². The van der Waals surface area contributed by atoms with Crippen molar-refractivity contribution >= 4 is 34.9 Å². The molecule has 0 unspecified atom stereocenters. The number of carbonyl (C=O) groups is 2. The molecule has 8 nitrogen and oxygen atoms in total. The average molecular weight is 502 g/mol. The molecule has 0 bridgehead atoms. The van der Waals surface area contributed by atoms with Crippen LogP contribution in [0.4, 0.5) is 0 Å². The smallest absolute Gasteiger partial charge is 0.253 e. The zero-order valence-corrected chi connectivity index (χ0v) is 21.3. The van der Waals surface area contributed by atoms with Crippen molar-refractivity contribution in [1.29, 1.82) is 0 Å². The Hall–Kier alpha value is -2.69. The number of aliphatic hydroxyl groups excluding tert-OH is 1. The molecular formula is C24H31N5O3S2. The molecule has 2 amide bonds. The number of aromatic amines is 1. The van der Waals surface area contributed by atoms with Crippen molar-refractivity contribution < 1.29 is 14.7 Å². The SMILES string of the molecule is CCCN(CCC)C(=O)c1cc(C)cc(C(=O)NC[C@@H](O)CSc2nnc(-c3cccs3)[nH]2)c1. The van der Waals surface area contributed by atoms with E-state index in [1.54, 1.807) is 23.5 Å². The standard InChI is InChI=1S/C24H31N5O3S2/c1-4-8-29(9-5-2)23(32)18-12-16(3)11-17(13-18)22(31)25-14-19(30)15-34-24-26-21(27-28-24)20-7-6-10-33-20/h6-7,10-13,19,30H,4-5,8-9,14-15H2,1-3H3,(H,25,31)(H,26,27,28)/t19-/m1/s1. The van der Waals surface area contributed by atoms with Gasteiger partial charge in [0.05, 0.1) is 11.0 Å². The minimum absolute atomic E-state index is 0.0631. The number of aliphatic hydroxyl groups is 1. The van der Waals surface area contributed by atoms with E-state index in [4.69, 9.17) is 0 Å². The number of carbonyl (C=O) groups excluding carboxylic acids is 2. The molecule has 3 aromatic rings. The molecule has 34 heavy (non-hydrogen) atoms. The monoisotopic (exact) mass is 501 g/mol. The minimum Gasteiger partial charge on any atom is -0.390 e. The van der Waals surface area contributed by atoms with E-state index in [9.17, 15) is 14.7 Å². The largest absolute Gasteiger partial charge is 0.390 e. The third-order valence-electron chi connectivity index (χ3n) is 4.99. The highest BCUT2D eigenvalue weighted by atomic mass is 32.2. The Labute approximate surface area is 208 Å². The van der Waals surface area contributed by atoms with Crippen LogP contribution in [0.2, 0.25) is 0 Å². The quantitative estimate of drug-likeness (QED) is 0.324. The molecule has 0 aliphatic heterocycles. The van der Waals surface area contributed by atoms with E-state index in [-0.39, 0.29) is 18.4 Å². The molecule has 2 heterocycles. The first-order chi connectivity index (χ1) is 16.4. The maximum absolute atomic E-state index is 13.0. The van der Waals surface area contributed by atoms with Crippen molar-refractivity contribution in [1.82, 2.24) is 25.4 Å². The highest BCUT2D eigenvalue weighted by molar-refractivity contribution is 7.99. The highest BCUT2D eigenvalue weighted by Gasteiger charge is 2.18. The Balaban J connectivity index is 1.54. The van der Waals surface area contributed by atoms with Crippen LogP contribution in [-0.4, -0.2) is 68.5 Å². The summed E-state index contributed by atoms with van der Waals surface area (Å²) in [5.41, 5.74) is 1.76. The second kappa shape index (κ2) is 12.7. The topological polar surface area (TPSA) is 111 Å². The molecule has 182 valence electrons. The van der Waals surface area contributed by atoms with Gasteiger partial charge >= 0.3 is 0 Å². The van der Waals surface area contributed by atoms with Crippen LogP contribution in [0.3, 0.4) is 0 Å². The van der Waals surface area contributed by atoms with Crippen LogP contribution in [0.5, 0.6) is 0 Å². The summed E-state index contributed by atoms with van der Waals surface area (Å²) in [5.74, 6) is 0.660. The van der Waals surface area contributed by atoms with Gasteiger partial charge in [-0.1, -0.05) is 31.7 Å². The Kier molecular flexibility index (Phi) is 9.67. The van der Waals surface area contributed by atoms with E-state index in [1.165, 1.54) is 11.8 Å². The molecule has 2 aromatic heterocycles. The molecule has 0 saturated carbocycles. The number of nitrogens with one attached hydrogen (secondary N) is 2. The number of aromatic nitrogens is 3. The summed E-state index contributed by atoms with van der Waals surface area (Å²) in [7, 11) is 0. The molecular weight excluding hydrogens is 470 g/mol. The van der Waals surface area contributed by atoms with E-state index in [2.05, 4.69) is 20.5 Å². The van der Waals surface area contributed by atoms with Crippen LogP contribution in [0, 0.1) is 6.92 Å². The van der Waals surface area contributed by atoms with Gasteiger partial charge in [0, 0.05) is 36.5 Å². The first kappa shape index (κ1) is 25.9. The summed E-state index contributed by atoms with van der Waals surface area (Å²) in [6.45, 7) is 7.41. The zero-order valence-electron chi connectivity index (χ0n) is 19.7. The second-order valence-corrected chi connectivity index (χ2v) is 9.97. The van der Waals surface area contributed by atoms with Crippen molar-refractivity contribution in [3.05, 3.63) is 52.4 Å². The lowest BCUT2D eigenvalue weighted by Crippen LogP contribution is -2.34. The molecule has 0 radical (unpaired) electrons. The molecule has 0 saturated heterocycles. The molecule has 0 aliphatic carbocycles. The van der Waals surface area contributed by atoms with Gasteiger partial charge in [0.15, 0.2) is 11.0 Å². The van der Waals surface area contributed by atoms with Gasteiger partial charge in [0.2, 0.25) is 0 Å². The third kappa shape index (κ3) is 7.15. The molecule has 0 aliphatic rings. The fourth-order valence-electron chi connectivity index (χ4n) is 3.46. The van der Waals surface area contributed by atoms with Gasteiger partial charge in [-0.25, -0.2) is 0 Å². The maximum Gasteiger partial charge on any atom is 0.253 e. The van der Waals surface area contributed by atoms with E-state index in [0.717, 1.165) is 23.3 Å². The van der Waals surface area contributed by atoms with Gasteiger partial charge in [-0.2, -0.15) is 0 Å². The Morgan fingerprint density at radius 1 is 1.18 bits per heavy atom. The van der Waals surface area contributed by atoms with Gasteiger partial charge in [-0.05, 0) is 55.0 Å². The number of amides is 2. The summed E-state index contributed by atoms with van der Waals surface area (Å²) in [6, 6.07) is 9.09. The predicted molar refractivity (Wildman–Crippen MR) is 136 cm³/mol. The van der Waals surface area contributed by atoms with Crippen molar-refractivity contribution in [3.63, 3.8) is 0 Å². The third-order valence-corrected chi connectivity index (χ3v) is 6.88. The number of benzene rings is 1. The highest BCUT2D eigenvalue weighted by Crippen LogP contribution is 2.23. The van der Waals surface area contributed by atoms with Gasteiger partial charge in [0.1, 0.15) is 0 Å². The Bertz CT molecular complexity index is 1080. The fourth-order valence-corrected chi connectivity index (χ4v) is 4.86. The van der Waals surface area contributed by atoms with Crippen LogP contribution in [-0.2, 0) is 0 Å². The fraction of sp³-hybridized carbons (Fsp3) is 0.417. The van der Waals surface area contributed by atoms with E-state index >= 15 is 0 Å². The molecule has 1 aromatic carbocycles. The first-order valence-corrected chi connectivity index (χ1v) is 13.2. The van der Waals surface area contributed by atoms with E-state index in [0.29, 0.717) is 41.0 Å². The first-order valence-electron chi connectivity index (χ1n) is 11.4. The van der Waals surface area contributed by atoms with Crippen LogP contribution < -0.4 is 5.32 Å². The van der Waals surface area contributed by atoms with Crippen LogP contribution in [0.15, 0.2) is 40.9 Å². The minimum atomic E-state index is -0.764. The number of hydrogen-bond acceptors (Lipinski definition) is 7. The van der Waals surface area contributed by atoms with Gasteiger partial charge in [-0.3, -0.25) is 9.59 Å². The molecule has 10 heteroatoms. The molecule has 0 fully saturated rings. The number of H-pyrrole nitrogens is 1. The zero-order chi connectivity index (χ0) is 24.5. The maximum atomic E-state index is 13.0. The van der Waals surface area contributed by atoms with Crippen LogP contribution >= 0.6 is 23.1 Å². The van der Waals surface area contributed by atoms with Crippen molar-refractivity contribution in [2.45, 2.75) is 44.9 Å². The summed E-state index contributed by atoms with van der Waals surface area (Å²) < 4.78 is 0. The molecule has 0 spiro atoms. The van der Waals surface area contributed by atoms with Crippen LogP contribution in [0.1, 0.15) is 53.0 Å². The Morgan fingerprint density at radius 2 is 1.91 bits per heavy atom.